The lowest BCUT2D eigenvalue weighted by Crippen LogP contribution is -2.33. The summed E-state index contributed by atoms with van der Waals surface area (Å²) in [6, 6.07) is 10.8. The van der Waals surface area contributed by atoms with E-state index < -0.39 is 6.36 Å². The molecule has 0 aromatic heterocycles. The minimum Gasteiger partial charge on any atom is -0.406 e. The number of anilines is 1. The smallest absolute Gasteiger partial charge is 0.406 e. The van der Waals surface area contributed by atoms with Crippen LogP contribution in [0.5, 0.6) is 5.75 Å². The van der Waals surface area contributed by atoms with Crippen molar-refractivity contribution >= 4 is 40.7 Å². The first-order valence-electron chi connectivity index (χ1n) is 6.97. The average molecular weight is 390 g/mol. The Hall–Kier alpha value is -2.06. The van der Waals surface area contributed by atoms with E-state index in [1.165, 1.54) is 34.9 Å². The largest absolute Gasteiger partial charge is 0.573 e. The Labute approximate surface area is 152 Å². The van der Waals surface area contributed by atoms with E-state index in [4.69, 9.17) is 17.3 Å². The van der Waals surface area contributed by atoms with Crippen LogP contribution >= 0.6 is 23.4 Å². The van der Waals surface area contributed by atoms with Crippen LogP contribution in [0.2, 0.25) is 5.02 Å². The minimum absolute atomic E-state index is 0.0734. The Kier molecular flexibility index (Phi) is 6.07. The third-order valence-electron chi connectivity index (χ3n) is 3.17. The van der Waals surface area contributed by atoms with Crippen LogP contribution in [0, 0.1) is 0 Å². The second-order valence-corrected chi connectivity index (χ2v) is 6.18. The van der Waals surface area contributed by atoms with E-state index in [-0.39, 0.29) is 11.7 Å². The second-order valence-electron chi connectivity index (χ2n) is 4.89. The average Bonchev–Trinajstić information content (AvgIpc) is 2.54. The number of thioether (sulfide) groups is 1. The fourth-order valence-electron chi connectivity index (χ4n) is 1.93. The molecule has 0 atom stereocenters. The summed E-state index contributed by atoms with van der Waals surface area (Å²) in [6.45, 7) is 0. The van der Waals surface area contributed by atoms with Crippen LogP contribution in [0.4, 0.5) is 24.5 Å². The van der Waals surface area contributed by atoms with Crippen molar-refractivity contribution < 1.29 is 17.9 Å². The van der Waals surface area contributed by atoms with Crippen molar-refractivity contribution in [2.45, 2.75) is 11.3 Å². The summed E-state index contributed by atoms with van der Waals surface area (Å²) in [5, 5.41) is 0.420. The molecule has 0 aliphatic rings. The highest BCUT2D eigenvalue weighted by atomic mass is 35.5. The first kappa shape index (κ1) is 19.3. The van der Waals surface area contributed by atoms with E-state index in [9.17, 15) is 13.2 Å². The fourth-order valence-corrected chi connectivity index (χ4v) is 2.52. The van der Waals surface area contributed by atoms with E-state index in [1.807, 2.05) is 12.3 Å². The lowest BCUT2D eigenvalue weighted by molar-refractivity contribution is -0.274. The Morgan fingerprint density at radius 3 is 2.60 bits per heavy atom. The van der Waals surface area contributed by atoms with Crippen LogP contribution in [-0.2, 0) is 0 Å². The summed E-state index contributed by atoms with van der Waals surface area (Å²) < 4.78 is 40.9. The SMILES string of the molecule is CSc1ccc(Cl)c(N=C(N)N(C)c2cccc(OC(F)(F)F)c2)c1. The van der Waals surface area contributed by atoms with E-state index in [2.05, 4.69) is 9.73 Å². The summed E-state index contributed by atoms with van der Waals surface area (Å²) in [4.78, 5) is 6.65. The Morgan fingerprint density at radius 2 is 1.96 bits per heavy atom. The molecule has 0 saturated heterocycles. The predicted molar refractivity (Wildman–Crippen MR) is 96.0 cm³/mol. The molecule has 0 aliphatic heterocycles. The third-order valence-corrected chi connectivity index (χ3v) is 4.22. The number of aliphatic imine (C=N–C) groups is 1. The standard InChI is InChI=1S/C16H15ClF3N3OS/c1-23(10-4-3-5-11(8-10)24-16(18,19)20)15(21)22-14-9-12(25-2)6-7-13(14)17/h3-9H,1-2H3,(H2,21,22). The first-order valence-corrected chi connectivity index (χ1v) is 8.57. The zero-order chi connectivity index (χ0) is 18.6. The summed E-state index contributed by atoms with van der Waals surface area (Å²) in [5.41, 5.74) is 6.83. The molecule has 0 bridgehead atoms. The number of hydrogen-bond donors (Lipinski definition) is 1. The number of guanidine groups is 1. The molecular weight excluding hydrogens is 375 g/mol. The summed E-state index contributed by atoms with van der Waals surface area (Å²) in [5.74, 6) is -0.267. The van der Waals surface area contributed by atoms with Crippen molar-refractivity contribution in [3.05, 3.63) is 47.5 Å². The number of nitrogens with zero attached hydrogens (tertiary/aromatic N) is 2. The number of benzene rings is 2. The summed E-state index contributed by atoms with van der Waals surface area (Å²) in [6.07, 6.45) is -2.85. The Balaban J connectivity index is 2.28. The van der Waals surface area contributed by atoms with Gasteiger partial charge in [-0.25, -0.2) is 4.99 Å². The summed E-state index contributed by atoms with van der Waals surface area (Å²) >= 11 is 7.64. The molecular formula is C16H15ClF3N3OS. The topological polar surface area (TPSA) is 50.8 Å². The number of halogens is 4. The van der Waals surface area contributed by atoms with Crippen molar-refractivity contribution in [2.75, 3.05) is 18.2 Å². The van der Waals surface area contributed by atoms with Gasteiger partial charge in [-0.1, -0.05) is 17.7 Å². The predicted octanol–water partition coefficient (Wildman–Crippen LogP) is 5.04. The molecule has 25 heavy (non-hydrogen) atoms. The van der Waals surface area contributed by atoms with Gasteiger partial charge in [0.05, 0.1) is 10.7 Å². The number of rotatable bonds is 4. The fraction of sp³-hybridized carbons (Fsp3) is 0.188. The van der Waals surface area contributed by atoms with Crippen LogP contribution in [0.15, 0.2) is 52.4 Å². The zero-order valence-corrected chi connectivity index (χ0v) is 14.9. The van der Waals surface area contributed by atoms with Gasteiger partial charge < -0.3 is 15.4 Å². The van der Waals surface area contributed by atoms with Crippen molar-refractivity contribution in [3.63, 3.8) is 0 Å². The molecule has 0 amide bonds. The monoisotopic (exact) mass is 389 g/mol. The second kappa shape index (κ2) is 7.88. The molecule has 0 radical (unpaired) electrons. The van der Waals surface area contributed by atoms with E-state index in [0.29, 0.717) is 16.4 Å². The number of ether oxygens (including phenoxy) is 1. The van der Waals surface area contributed by atoms with E-state index >= 15 is 0 Å². The van der Waals surface area contributed by atoms with Gasteiger partial charge in [0.15, 0.2) is 0 Å². The van der Waals surface area contributed by atoms with Crippen molar-refractivity contribution in [1.82, 2.24) is 0 Å². The van der Waals surface area contributed by atoms with Gasteiger partial charge in [0.25, 0.3) is 0 Å². The van der Waals surface area contributed by atoms with Gasteiger partial charge in [0.2, 0.25) is 5.96 Å². The first-order chi connectivity index (χ1) is 11.7. The van der Waals surface area contributed by atoms with Crippen LogP contribution in [-0.4, -0.2) is 25.6 Å². The van der Waals surface area contributed by atoms with Gasteiger partial charge in [-0.2, -0.15) is 0 Å². The number of hydrogen-bond acceptors (Lipinski definition) is 3. The van der Waals surface area contributed by atoms with Crippen molar-refractivity contribution in [1.29, 1.82) is 0 Å². The highest BCUT2D eigenvalue weighted by molar-refractivity contribution is 7.98. The molecule has 0 saturated carbocycles. The maximum Gasteiger partial charge on any atom is 0.573 e. The maximum absolute atomic E-state index is 12.3. The molecule has 0 fully saturated rings. The van der Waals surface area contributed by atoms with Gasteiger partial charge >= 0.3 is 6.36 Å². The minimum atomic E-state index is -4.76. The molecule has 2 aromatic rings. The zero-order valence-electron chi connectivity index (χ0n) is 13.3. The quantitative estimate of drug-likeness (QED) is 0.452. The van der Waals surface area contributed by atoms with Crippen LogP contribution in [0.1, 0.15) is 0 Å². The van der Waals surface area contributed by atoms with Crippen molar-refractivity contribution in [3.8, 4) is 5.75 Å². The molecule has 2 N–H and O–H groups in total. The molecule has 2 aromatic carbocycles. The van der Waals surface area contributed by atoms with Gasteiger partial charge in [-0.15, -0.1) is 24.9 Å². The van der Waals surface area contributed by atoms with Crippen molar-refractivity contribution in [2.24, 2.45) is 10.7 Å². The highest BCUT2D eigenvalue weighted by Crippen LogP contribution is 2.30. The molecule has 9 heteroatoms. The Bertz CT molecular complexity index is 783. The number of nitrogens with two attached hydrogens (primary N) is 1. The molecule has 4 nitrogen and oxygen atoms in total. The van der Waals surface area contributed by atoms with Gasteiger partial charge in [0.1, 0.15) is 5.75 Å². The number of alkyl halides is 3. The maximum atomic E-state index is 12.3. The van der Waals surface area contributed by atoms with Gasteiger partial charge in [-0.05, 0) is 36.6 Å². The van der Waals surface area contributed by atoms with E-state index in [0.717, 1.165) is 4.90 Å². The highest BCUT2D eigenvalue weighted by Gasteiger charge is 2.31. The Morgan fingerprint density at radius 1 is 1.24 bits per heavy atom. The molecule has 134 valence electrons. The lowest BCUT2D eigenvalue weighted by atomic mass is 10.3. The molecule has 0 unspecified atom stereocenters. The van der Waals surface area contributed by atoms with Crippen LogP contribution in [0.25, 0.3) is 0 Å². The van der Waals surface area contributed by atoms with E-state index in [1.54, 1.807) is 25.2 Å². The third kappa shape index (κ3) is 5.47. The summed E-state index contributed by atoms with van der Waals surface area (Å²) in [7, 11) is 1.58. The lowest BCUT2D eigenvalue weighted by Gasteiger charge is -2.19. The van der Waals surface area contributed by atoms with Gasteiger partial charge in [-0.3, -0.25) is 0 Å². The molecule has 0 spiro atoms. The molecule has 0 aliphatic carbocycles. The van der Waals surface area contributed by atoms with Crippen LogP contribution < -0.4 is 15.4 Å². The molecule has 0 heterocycles. The van der Waals surface area contributed by atoms with Gasteiger partial charge in [0, 0.05) is 23.7 Å². The van der Waals surface area contributed by atoms with Crippen LogP contribution in [0.3, 0.4) is 0 Å². The normalized spacial score (nSPS) is 12.2. The molecule has 2 rings (SSSR count).